The van der Waals surface area contributed by atoms with E-state index in [1.807, 2.05) is 41.3 Å². The quantitative estimate of drug-likeness (QED) is 0.715. The topological polar surface area (TPSA) is 88.1 Å². The molecule has 1 saturated heterocycles. The van der Waals surface area contributed by atoms with Crippen LogP contribution < -0.4 is 15.0 Å². The molecule has 0 aliphatic carbocycles. The van der Waals surface area contributed by atoms with Gasteiger partial charge in [0.2, 0.25) is 5.91 Å². The number of anilines is 2. The van der Waals surface area contributed by atoms with Crippen molar-refractivity contribution in [3.05, 3.63) is 54.1 Å². The predicted octanol–water partition coefficient (Wildman–Crippen LogP) is 2.97. The van der Waals surface area contributed by atoms with Crippen LogP contribution in [0.2, 0.25) is 0 Å². The highest BCUT2D eigenvalue weighted by atomic mass is 32.2. The Morgan fingerprint density at radius 3 is 2.61 bits per heavy atom. The molecule has 0 bridgehead atoms. The average molecular weight is 460 g/mol. The molecule has 2 aliphatic heterocycles. The highest BCUT2D eigenvalue weighted by Gasteiger charge is 2.44. The largest absolute Gasteiger partial charge is 0.495 e. The highest BCUT2D eigenvalue weighted by molar-refractivity contribution is 8.15. The van der Waals surface area contributed by atoms with E-state index in [-0.39, 0.29) is 35.2 Å². The molecule has 1 fully saturated rings. The normalized spacial score (nSPS) is 21.3. The maximum Gasteiger partial charge on any atom is 0.244 e. The molecular formula is C22H25N3O4S2. The van der Waals surface area contributed by atoms with Crippen molar-refractivity contribution in [2.75, 3.05) is 35.4 Å². The molecule has 9 heteroatoms. The first-order valence-corrected chi connectivity index (χ1v) is 12.8. The minimum absolute atomic E-state index is 0.0571. The molecule has 2 heterocycles. The fourth-order valence-corrected chi connectivity index (χ4v) is 7.51. The van der Waals surface area contributed by atoms with Crippen LogP contribution in [0.5, 0.6) is 5.75 Å². The van der Waals surface area contributed by atoms with Crippen molar-refractivity contribution >= 4 is 44.0 Å². The van der Waals surface area contributed by atoms with Gasteiger partial charge < -0.3 is 15.0 Å². The Labute approximate surface area is 186 Å². The number of nitrogens with zero attached hydrogens (tertiary/aromatic N) is 2. The van der Waals surface area contributed by atoms with Crippen LogP contribution in [0.3, 0.4) is 0 Å². The van der Waals surface area contributed by atoms with Crippen LogP contribution in [0.4, 0.5) is 11.4 Å². The van der Waals surface area contributed by atoms with Crippen LogP contribution in [0.25, 0.3) is 0 Å². The number of rotatable bonds is 6. The summed E-state index contributed by atoms with van der Waals surface area (Å²) in [5.74, 6) is 0.578. The monoisotopic (exact) mass is 459 g/mol. The first-order valence-electron chi connectivity index (χ1n) is 10.1. The smallest absolute Gasteiger partial charge is 0.244 e. The molecule has 2 aromatic carbocycles. The van der Waals surface area contributed by atoms with E-state index in [1.54, 1.807) is 19.2 Å². The standard InChI is InChI=1S/C22H25N3O4S2/c1-3-15-8-10-16(11-9-15)25(22-24-18-13-31(27,28)14-20(18)30-22)12-21(26)23-17-6-4-5-7-19(17)29-2/h4-11,18,20H,3,12-14H2,1-2H3,(H,23,26)/t18-,20+/m1/s1. The van der Waals surface area contributed by atoms with Crippen molar-refractivity contribution < 1.29 is 17.9 Å². The van der Waals surface area contributed by atoms with Crippen molar-refractivity contribution in [1.29, 1.82) is 0 Å². The number of aliphatic imine (C=N–C) groups is 1. The Hall–Kier alpha value is -2.52. The van der Waals surface area contributed by atoms with Crippen molar-refractivity contribution in [3.63, 3.8) is 0 Å². The van der Waals surface area contributed by atoms with Crippen molar-refractivity contribution in [1.82, 2.24) is 0 Å². The molecule has 0 aromatic heterocycles. The highest BCUT2D eigenvalue weighted by Crippen LogP contribution is 2.37. The molecule has 0 saturated carbocycles. The number of para-hydroxylation sites is 2. The summed E-state index contributed by atoms with van der Waals surface area (Å²) in [6.07, 6.45) is 0.923. The van der Waals surface area contributed by atoms with E-state index in [0.717, 1.165) is 12.1 Å². The number of nitrogens with one attached hydrogen (secondary N) is 1. The fourth-order valence-electron chi connectivity index (χ4n) is 3.73. The number of amidine groups is 1. The Kier molecular flexibility index (Phi) is 6.24. The zero-order chi connectivity index (χ0) is 22.0. The molecule has 2 aromatic rings. The van der Waals surface area contributed by atoms with Crippen LogP contribution in [0, 0.1) is 0 Å². The Morgan fingerprint density at radius 1 is 1.19 bits per heavy atom. The van der Waals surface area contributed by atoms with Crippen LogP contribution in [-0.4, -0.2) is 55.9 Å². The lowest BCUT2D eigenvalue weighted by molar-refractivity contribution is -0.114. The maximum atomic E-state index is 12.9. The van der Waals surface area contributed by atoms with Crippen LogP contribution >= 0.6 is 11.8 Å². The van der Waals surface area contributed by atoms with Crippen molar-refractivity contribution in [2.45, 2.75) is 24.6 Å². The van der Waals surface area contributed by atoms with E-state index >= 15 is 0 Å². The Balaban J connectivity index is 1.58. The van der Waals surface area contributed by atoms with Gasteiger partial charge in [-0.15, -0.1) is 0 Å². The summed E-state index contributed by atoms with van der Waals surface area (Å²) in [6.45, 7) is 2.15. The molecule has 0 unspecified atom stereocenters. The molecule has 7 nitrogen and oxygen atoms in total. The Morgan fingerprint density at radius 2 is 1.94 bits per heavy atom. The number of hydrogen-bond acceptors (Lipinski definition) is 7. The minimum Gasteiger partial charge on any atom is -0.495 e. The van der Waals surface area contributed by atoms with E-state index in [2.05, 4.69) is 17.2 Å². The third-order valence-corrected chi connectivity index (χ3v) is 8.62. The number of hydrogen-bond donors (Lipinski definition) is 1. The van der Waals surface area contributed by atoms with E-state index in [1.165, 1.54) is 17.3 Å². The number of carbonyl (C=O) groups is 1. The molecule has 4 rings (SSSR count). The third-order valence-electron chi connectivity index (χ3n) is 5.38. The van der Waals surface area contributed by atoms with Gasteiger partial charge in [0.05, 0.1) is 30.3 Å². The second kappa shape index (κ2) is 8.92. The molecule has 2 aliphatic rings. The molecular weight excluding hydrogens is 434 g/mol. The van der Waals surface area contributed by atoms with E-state index in [9.17, 15) is 13.2 Å². The summed E-state index contributed by atoms with van der Waals surface area (Å²) in [4.78, 5) is 19.5. The summed E-state index contributed by atoms with van der Waals surface area (Å²) in [6, 6.07) is 15.0. The number of aryl methyl sites for hydroxylation is 1. The lowest BCUT2D eigenvalue weighted by atomic mass is 10.1. The van der Waals surface area contributed by atoms with Gasteiger partial charge in [-0.2, -0.15) is 0 Å². The lowest BCUT2D eigenvalue weighted by Crippen LogP contribution is -2.36. The van der Waals surface area contributed by atoms with Gasteiger partial charge in [0, 0.05) is 10.9 Å². The first kappa shape index (κ1) is 21.7. The van der Waals surface area contributed by atoms with E-state index < -0.39 is 9.84 Å². The zero-order valence-electron chi connectivity index (χ0n) is 17.4. The number of ether oxygens (including phenoxy) is 1. The number of methoxy groups -OCH3 is 1. The van der Waals surface area contributed by atoms with Gasteiger partial charge in [0.25, 0.3) is 0 Å². The lowest BCUT2D eigenvalue weighted by Gasteiger charge is -2.24. The number of fused-ring (bicyclic) bond motifs is 1. The van der Waals surface area contributed by atoms with Gasteiger partial charge in [0.1, 0.15) is 12.3 Å². The molecule has 2 atom stereocenters. The Bertz CT molecular complexity index is 1100. The summed E-state index contributed by atoms with van der Waals surface area (Å²) in [5.41, 5.74) is 2.65. The number of benzene rings is 2. The van der Waals surface area contributed by atoms with Crippen LogP contribution in [-0.2, 0) is 21.1 Å². The maximum absolute atomic E-state index is 12.9. The van der Waals surface area contributed by atoms with Crippen molar-refractivity contribution in [3.8, 4) is 5.75 Å². The second-order valence-corrected chi connectivity index (χ2v) is 10.9. The van der Waals surface area contributed by atoms with Gasteiger partial charge in [-0.05, 0) is 36.2 Å². The fraction of sp³-hybridized carbons (Fsp3) is 0.364. The first-order chi connectivity index (χ1) is 14.9. The van der Waals surface area contributed by atoms with Gasteiger partial charge in [-0.1, -0.05) is 43.0 Å². The molecule has 0 spiro atoms. The third kappa shape index (κ3) is 4.88. The summed E-state index contributed by atoms with van der Waals surface area (Å²) < 4.78 is 29.2. The van der Waals surface area contributed by atoms with Gasteiger partial charge >= 0.3 is 0 Å². The van der Waals surface area contributed by atoms with E-state index in [0.29, 0.717) is 16.6 Å². The predicted molar refractivity (Wildman–Crippen MR) is 126 cm³/mol. The summed E-state index contributed by atoms with van der Waals surface area (Å²) >= 11 is 1.44. The molecule has 31 heavy (non-hydrogen) atoms. The number of sulfone groups is 1. The summed E-state index contributed by atoms with van der Waals surface area (Å²) in [7, 11) is -1.48. The second-order valence-electron chi connectivity index (χ2n) is 7.57. The SMILES string of the molecule is CCc1ccc(N(CC(=O)Nc2ccccc2OC)C2=N[C@@H]3CS(=O)(=O)C[C@@H]3S2)cc1. The van der Waals surface area contributed by atoms with Gasteiger partial charge in [-0.3, -0.25) is 9.79 Å². The molecule has 0 radical (unpaired) electrons. The van der Waals surface area contributed by atoms with Crippen molar-refractivity contribution in [2.24, 2.45) is 4.99 Å². The van der Waals surface area contributed by atoms with Crippen LogP contribution in [0.15, 0.2) is 53.5 Å². The zero-order valence-corrected chi connectivity index (χ0v) is 19.1. The van der Waals surface area contributed by atoms with E-state index in [4.69, 9.17) is 4.74 Å². The number of amides is 1. The average Bonchev–Trinajstić information content (AvgIpc) is 3.26. The molecule has 164 valence electrons. The number of thioether (sulfide) groups is 1. The summed E-state index contributed by atoms with van der Waals surface area (Å²) in [5, 5.41) is 3.50. The minimum atomic E-state index is -3.04. The molecule has 1 N–H and O–H groups in total. The number of carbonyl (C=O) groups excluding carboxylic acids is 1. The van der Waals surface area contributed by atoms with Gasteiger partial charge in [0.15, 0.2) is 15.0 Å². The molecule has 1 amide bonds. The van der Waals surface area contributed by atoms with Gasteiger partial charge in [-0.25, -0.2) is 8.42 Å². The van der Waals surface area contributed by atoms with Crippen LogP contribution in [0.1, 0.15) is 12.5 Å².